The first-order valence-corrected chi connectivity index (χ1v) is 3.97. The van der Waals surface area contributed by atoms with Crippen molar-refractivity contribution in [1.29, 1.82) is 0 Å². The van der Waals surface area contributed by atoms with Crippen LogP contribution in [0.15, 0.2) is 17.2 Å². The highest BCUT2D eigenvalue weighted by atomic mass is 16.1. The van der Waals surface area contributed by atoms with Gasteiger partial charge in [0, 0.05) is 17.3 Å². The van der Waals surface area contributed by atoms with E-state index in [1.807, 2.05) is 27.7 Å². The number of aromatic nitrogens is 2. The Morgan fingerprint density at radius 3 is 2.42 bits per heavy atom. The van der Waals surface area contributed by atoms with Gasteiger partial charge in [-0.05, 0) is 27.7 Å². The highest BCUT2D eigenvalue weighted by Gasteiger charge is 2.13. The van der Waals surface area contributed by atoms with Crippen molar-refractivity contribution in [2.75, 3.05) is 0 Å². The topological polar surface area (TPSA) is 34.9 Å². The summed E-state index contributed by atoms with van der Waals surface area (Å²) in [7, 11) is 0. The Kier molecular flexibility index (Phi) is 2.04. The molecule has 0 N–H and O–H groups in total. The summed E-state index contributed by atoms with van der Waals surface area (Å²) in [6, 6.07) is 1.55. The van der Waals surface area contributed by atoms with Crippen LogP contribution in [0.1, 0.15) is 26.5 Å². The maximum Gasteiger partial charge on any atom is 0.253 e. The minimum atomic E-state index is -0.183. The molecule has 0 aromatic carbocycles. The van der Waals surface area contributed by atoms with E-state index in [4.69, 9.17) is 0 Å². The van der Waals surface area contributed by atoms with Gasteiger partial charge in [-0.15, -0.1) is 0 Å². The zero-order chi connectivity index (χ0) is 9.35. The summed E-state index contributed by atoms with van der Waals surface area (Å²) in [5, 5.41) is 0. The van der Waals surface area contributed by atoms with Crippen LogP contribution < -0.4 is 5.56 Å². The number of hydrogen-bond donors (Lipinski definition) is 0. The Morgan fingerprint density at radius 2 is 2.00 bits per heavy atom. The van der Waals surface area contributed by atoms with E-state index in [1.54, 1.807) is 17.0 Å². The van der Waals surface area contributed by atoms with Gasteiger partial charge in [0.1, 0.15) is 0 Å². The van der Waals surface area contributed by atoms with Crippen LogP contribution in [0.4, 0.5) is 0 Å². The lowest BCUT2D eigenvalue weighted by atomic mass is 10.1. The third kappa shape index (κ3) is 1.72. The van der Waals surface area contributed by atoms with Gasteiger partial charge in [-0.3, -0.25) is 9.36 Å². The van der Waals surface area contributed by atoms with Crippen molar-refractivity contribution in [1.82, 2.24) is 9.55 Å². The predicted molar refractivity (Wildman–Crippen MR) is 48.2 cm³/mol. The Morgan fingerprint density at radius 1 is 1.42 bits per heavy atom. The van der Waals surface area contributed by atoms with Crippen molar-refractivity contribution in [3.05, 3.63) is 28.4 Å². The third-order valence-corrected chi connectivity index (χ3v) is 1.67. The lowest BCUT2D eigenvalue weighted by Gasteiger charge is -2.21. The molecule has 0 unspecified atom stereocenters. The van der Waals surface area contributed by atoms with Crippen LogP contribution in [-0.2, 0) is 5.54 Å². The Balaban J connectivity index is 3.29. The molecule has 1 aromatic heterocycles. The summed E-state index contributed by atoms with van der Waals surface area (Å²) < 4.78 is 1.62. The minimum absolute atomic E-state index is 0.00926. The summed E-state index contributed by atoms with van der Waals surface area (Å²) >= 11 is 0. The van der Waals surface area contributed by atoms with E-state index in [0.29, 0.717) is 0 Å². The van der Waals surface area contributed by atoms with Gasteiger partial charge in [0.25, 0.3) is 5.56 Å². The molecule has 0 spiro atoms. The summed E-state index contributed by atoms with van der Waals surface area (Å²) in [4.78, 5) is 15.5. The van der Waals surface area contributed by atoms with Crippen LogP contribution >= 0.6 is 0 Å². The molecule has 3 heteroatoms. The quantitative estimate of drug-likeness (QED) is 0.582. The molecule has 3 nitrogen and oxygen atoms in total. The average Bonchev–Trinajstić information content (AvgIpc) is 1.83. The molecule has 0 amide bonds. The van der Waals surface area contributed by atoms with E-state index in [0.717, 1.165) is 5.69 Å². The molecule has 0 aliphatic carbocycles. The Bertz CT molecular complexity index is 333. The van der Waals surface area contributed by atoms with Gasteiger partial charge < -0.3 is 0 Å². The van der Waals surface area contributed by atoms with Crippen molar-refractivity contribution in [3.8, 4) is 0 Å². The van der Waals surface area contributed by atoms with Gasteiger partial charge in [-0.1, -0.05) is 0 Å². The molecule has 0 aliphatic rings. The first kappa shape index (κ1) is 8.97. The summed E-state index contributed by atoms with van der Waals surface area (Å²) in [6.07, 6.45) is 1.59. The molecule has 1 rings (SSSR count). The van der Waals surface area contributed by atoms with Gasteiger partial charge in [0.05, 0.1) is 6.33 Å². The minimum Gasteiger partial charge on any atom is -0.294 e. The van der Waals surface area contributed by atoms with E-state index < -0.39 is 0 Å². The molecule has 0 saturated carbocycles. The molecule has 66 valence electrons. The highest BCUT2D eigenvalue weighted by Crippen LogP contribution is 2.08. The first-order valence-electron chi connectivity index (χ1n) is 3.97. The van der Waals surface area contributed by atoms with Crippen molar-refractivity contribution in [3.63, 3.8) is 0 Å². The standard InChI is InChI=1S/C9H14N2O/c1-7-5-8(12)11(6-10-7)9(2,3)4/h5-6H,1-4H3. The first-order chi connectivity index (χ1) is 5.41. The number of aryl methyl sites for hydroxylation is 1. The van der Waals surface area contributed by atoms with Crippen LogP contribution in [-0.4, -0.2) is 9.55 Å². The molecular formula is C9H14N2O. The molecule has 1 aromatic rings. The number of hydrogen-bond acceptors (Lipinski definition) is 2. The van der Waals surface area contributed by atoms with Crippen LogP contribution in [0.25, 0.3) is 0 Å². The number of rotatable bonds is 0. The van der Waals surface area contributed by atoms with Crippen LogP contribution in [0.5, 0.6) is 0 Å². The third-order valence-electron chi connectivity index (χ3n) is 1.67. The molecule has 0 bridgehead atoms. The molecule has 12 heavy (non-hydrogen) atoms. The van der Waals surface area contributed by atoms with Gasteiger partial charge >= 0.3 is 0 Å². The Hall–Kier alpha value is -1.12. The van der Waals surface area contributed by atoms with Gasteiger partial charge in [-0.25, -0.2) is 4.98 Å². The van der Waals surface area contributed by atoms with E-state index in [-0.39, 0.29) is 11.1 Å². The van der Waals surface area contributed by atoms with Crippen molar-refractivity contribution in [2.45, 2.75) is 33.2 Å². The maximum absolute atomic E-state index is 11.4. The van der Waals surface area contributed by atoms with Crippen LogP contribution in [0, 0.1) is 6.92 Å². The van der Waals surface area contributed by atoms with E-state index in [9.17, 15) is 4.79 Å². The van der Waals surface area contributed by atoms with Crippen LogP contribution in [0.3, 0.4) is 0 Å². The number of nitrogens with zero attached hydrogens (tertiary/aromatic N) is 2. The highest BCUT2D eigenvalue weighted by molar-refractivity contribution is 4.98. The fourth-order valence-corrected chi connectivity index (χ4v) is 0.995. The lowest BCUT2D eigenvalue weighted by Crippen LogP contribution is -2.33. The molecule has 0 radical (unpaired) electrons. The molecule has 0 fully saturated rings. The summed E-state index contributed by atoms with van der Waals surface area (Å²) in [5.41, 5.74) is 0.591. The summed E-state index contributed by atoms with van der Waals surface area (Å²) in [5.74, 6) is 0. The van der Waals surface area contributed by atoms with Crippen LogP contribution in [0.2, 0.25) is 0 Å². The summed E-state index contributed by atoms with van der Waals surface area (Å²) in [6.45, 7) is 7.75. The zero-order valence-electron chi connectivity index (χ0n) is 7.96. The lowest BCUT2D eigenvalue weighted by molar-refractivity contribution is 0.378. The van der Waals surface area contributed by atoms with Crippen molar-refractivity contribution < 1.29 is 0 Å². The zero-order valence-corrected chi connectivity index (χ0v) is 7.96. The van der Waals surface area contributed by atoms with Gasteiger partial charge in [0.15, 0.2) is 0 Å². The van der Waals surface area contributed by atoms with Gasteiger partial charge in [0.2, 0.25) is 0 Å². The smallest absolute Gasteiger partial charge is 0.253 e. The molecule has 0 aliphatic heterocycles. The SMILES string of the molecule is Cc1cc(=O)n(C(C)(C)C)cn1. The fourth-order valence-electron chi connectivity index (χ4n) is 0.995. The predicted octanol–water partition coefficient (Wildman–Crippen LogP) is 1.31. The Labute approximate surface area is 72.1 Å². The molecule has 1 heterocycles. The van der Waals surface area contributed by atoms with E-state index >= 15 is 0 Å². The second-order valence-electron chi connectivity index (χ2n) is 3.91. The van der Waals surface area contributed by atoms with Gasteiger partial charge in [-0.2, -0.15) is 0 Å². The maximum atomic E-state index is 11.4. The fraction of sp³-hybridized carbons (Fsp3) is 0.556. The largest absolute Gasteiger partial charge is 0.294 e. The second-order valence-corrected chi connectivity index (χ2v) is 3.91. The molecule has 0 atom stereocenters. The normalized spacial score (nSPS) is 11.7. The molecule has 0 saturated heterocycles. The monoisotopic (exact) mass is 166 g/mol. The van der Waals surface area contributed by atoms with Crippen molar-refractivity contribution >= 4 is 0 Å². The van der Waals surface area contributed by atoms with Crippen molar-refractivity contribution in [2.24, 2.45) is 0 Å². The van der Waals surface area contributed by atoms with E-state index in [2.05, 4.69) is 4.98 Å². The van der Waals surface area contributed by atoms with E-state index in [1.165, 1.54) is 0 Å². The molecular weight excluding hydrogens is 152 g/mol. The average molecular weight is 166 g/mol. The second kappa shape index (κ2) is 2.73.